The second-order valence-corrected chi connectivity index (χ2v) is 7.49. The van der Waals surface area contributed by atoms with Crippen LogP contribution in [0.5, 0.6) is 0 Å². The Morgan fingerprint density at radius 2 is 1.82 bits per heavy atom. The number of aromatic nitrogens is 1. The Labute approximate surface area is 138 Å². The molecule has 1 saturated heterocycles. The number of fused-ring (bicyclic) bond motifs is 1. The van der Waals surface area contributed by atoms with Gasteiger partial charge >= 0.3 is 7.12 Å². The average Bonchev–Trinajstić information content (AvgIpc) is 2.87. The Hall–Kier alpha value is -1.11. The van der Waals surface area contributed by atoms with E-state index in [1.807, 2.05) is 52.0 Å². The third-order valence-electron chi connectivity index (χ3n) is 4.38. The summed E-state index contributed by atoms with van der Waals surface area (Å²) < 4.78 is 26.9. The molecule has 3 rings (SSSR count). The topological polar surface area (TPSA) is 34.2 Å². The number of benzene rings is 1. The predicted octanol–water partition coefficient (Wildman–Crippen LogP) is 4.87. The second kappa shape index (κ2) is 5.22. The second-order valence-electron chi connectivity index (χ2n) is 6.57. The number of hydrogen-bond acceptors (Lipinski definition) is 2. The zero-order chi connectivity index (χ0) is 16.1. The van der Waals surface area contributed by atoms with E-state index in [1.165, 1.54) is 6.08 Å². The highest BCUT2D eigenvalue weighted by molar-refractivity contribution is 9.10. The molecule has 1 aromatic carbocycles. The molecule has 1 aliphatic rings. The number of H-pyrrole nitrogens is 1. The van der Waals surface area contributed by atoms with Crippen LogP contribution in [0.2, 0.25) is 0 Å². The molecule has 1 N–H and O–H groups in total. The van der Waals surface area contributed by atoms with Gasteiger partial charge in [-0.25, -0.2) is 4.39 Å². The highest BCUT2D eigenvalue weighted by Crippen LogP contribution is 2.39. The van der Waals surface area contributed by atoms with E-state index in [2.05, 4.69) is 20.9 Å². The molecule has 3 nitrogen and oxygen atoms in total. The molecule has 1 aliphatic heterocycles. The quantitative estimate of drug-likeness (QED) is 0.770. The summed E-state index contributed by atoms with van der Waals surface area (Å²) in [5.74, 6) is 0. The first-order chi connectivity index (χ1) is 10.2. The number of aromatic amines is 1. The molecule has 6 heteroatoms. The van der Waals surface area contributed by atoms with Gasteiger partial charge in [-0.3, -0.25) is 0 Å². The van der Waals surface area contributed by atoms with Gasteiger partial charge in [0.25, 0.3) is 0 Å². The van der Waals surface area contributed by atoms with Crippen LogP contribution in [-0.4, -0.2) is 23.3 Å². The minimum absolute atomic E-state index is 0.440. The van der Waals surface area contributed by atoms with E-state index in [1.54, 1.807) is 0 Å². The van der Waals surface area contributed by atoms with E-state index < -0.39 is 24.0 Å². The fourth-order valence-corrected chi connectivity index (χ4v) is 2.75. The zero-order valence-corrected chi connectivity index (χ0v) is 14.6. The van der Waals surface area contributed by atoms with Gasteiger partial charge in [-0.2, -0.15) is 0 Å². The van der Waals surface area contributed by atoms with Gasteiger partial charge in [0.2, 0.25) is 0 Å². The Morgan fingerprint density at radius 1 is 1.18 bits per heavy atom. The molecule has 0 bridgehead atoms. The Balaban J connectivity index is 1.88. The van der Waals surface area contributed by atoms with Crippen LogP contribution in [0, 0.1) is 0 Å². The van der Waals surface area contributed by atoms with Crippen LogP contribution in [0.3, 0.4) is 0 Å². The average molecular weight is 366 g/mol. The molecule has 2 heterocycles. The first-order valence-corrected chi connectivity index (χ1v) is 7.98. The Bertz CT molecular complexity index is 738. The van der Waals surface area contributed by atoms with Crippen LogP contribution >= 0.6 is 15.9 Å². The SMILES string of the molecule is CC1(C)OB(C(F)=Cc2cc3cc(Br)ccc3[nH]2)OC1(C)C. The molecule has 0 amide bonds. The van der Waals surface area contributed by atoms with Gasteiger partial charge in [0.05, 0.1) is 11.2 Å². The van der Waals surface area contributed by atoms with E-state index in [-0.39, 0.29) is 0 Å². The Kier molecular flexibility index (Phi) is 3.74. The molecule has 0 saturated carbocycles. The van der Waals surface area contributed by atoms with Crippen molar-refractivity contribution in [2.75, 3.05) is 0 Å². The number of nitrogens with one attached hydrogen (secondary N) is 1. The number of rotatable bonds is 2. The summed E-state index contributed by atoms with van der Waals surface area (Å²) >= 11 is 3.43. The lowest BCUT2D eigenvalue weighted by atomic mass is 9.87. The normalized spacial score (nSPS) is 20.8. The summed E-state index contributed by atoms with van der Waals surface area (Å²) in [5.41, 5.74) is 0.100. The number of hydrogen-bond donors (Lipinski definition) is 1. The highest BCUT2D eigenvalue weighted by atomic mass is 79.9. The van der Waals surface area contributed by atoms with Crippen LogP contribution in [0.1, 0.15) is 33.4 Å². The third kappa shape index (κ3) is 2.75. The van der Waals surface area contributed by atoms with Gasteiger partial charge in [0.1, 0.15) is 5.73 Å². The van der Waals surface area contributed by atoms with Crippen molar-refractivity contribution >= 4 is 40.0 Å². The van der Waals surface area contributed by atoms with Crippen LogP contribution < -0.4 is 0 Å². The maximum absolute atomic E-state index is 14.5. The third-order valence-corrected chi connectivity index (χ3v) is 4.87. The summed E-state index contributed by atoms with van der Waals surface area (Å²) in [6.45, 7) is 7.61. The maximum Gasteiger partial charge on any atom is 0.525 e. The summed E-state index contributed by atoms with van der Waals surface area (Å²) in [7, 11) is -0.969. The number of halogens is 2. The fourth-order valence-electron chi connectivity index (χ4n) is 2.38. The first kappa shape index (κ1) is 15.8. The van der Waals surface area contributed by atoms with Crippen molar-refractivity contribution in [1.82, 2.24) is 4.98 Å². The van der Waals surface area contributed by atoms with Crippen molar-refractivity contribution in [1.29, 1.82) is 0 Å². The smallest absolute Gasteiger partial charge is 0.398 e. The molecule has 0 aliphatic carbocycles. The molecule has 0 unspecified atom stereocenters. The monoisotopic (exact) mass is 365 g/mol. The van der Waals surface area contributed by atoms with Crippen molar-refractivity contribution < 1.29 is 13.7 Å². The molecule has 1 aromatic heterocycles. The summed E-state index contributed by atoms with van der Waals surface area (Å²) in [6, 6.07) is 7.77. The Morgan fingerprint density at radius 3 is 2.45 bits per heavy atom. The van der Waals surface area contributed by atoms with E-state index in [0.717, 1.165) is 15.4 Å². The van der Waals surface area contributed by atoms with Gasteiger partial charge in [-0.1, -0.05) is 15.9 Å². The van der Waals surface area contributed by atoms with Crippen molar-refractivity contribution in [2.24, 2.45) is 0 Å². The minimum atomic E-state index is -0.969. The van der Waals surface area contributed by atoms with E-state index in [9.17, 15) is 4.39 Å². The lowest BCUT2D eigenvalue weighted by molar-refractivity contribution is 0.00578. The largest absolute Gasteiger partial charge is 0.525 e. The lowest BCUT2D eigenvalue weighted by Crippen LogP contribution is -2.41. The summed E-state index contributed by atoms with van der Waals surface area (Å²) in [6.07, 6.45) is 1.43. The molecule has 0 atom stereocenters. The van der Waals surface area contributed by atoms with Gasteiger partial charge in [0.15, 0.2) is 0 Å². The van der Waals surface area contributed by atoms with Crippen molar-refractivity contribution in [2.45, 2.75) is 38.9 Å². The maximum atomic E-state index is 14.5. The van der Waals surface area contributed by atoms with E-state index >= 15 is 0 Å². The van der Waals surface area contributed by atoms with Crippen molar-refractivity contribution in [3.05, 3.63) is 40.2 Å². The molecule has 1 fully saturated rings. The molecule has 116 valence electrons. The van der Waals surface area contributed by atoms with Gasteiger partial charge < -0.3 is 14.3 Å². The molecule has 2 aromatic rings. The molecule has 22 heavy (non-hydrogen) atoms. The van der Waals surface area contributed by atoms with Crippen LogP contribution in [0.4, 0.5) is 4.39 Å². The van der Waals surface area contributed by atoms with Gasteiger partial charge in [-0.05, 0) is 58.0 Å². The van der Waals surface area contributed by atoms with E-state index in [4.69, 9.17) is 9.31 Å². The van der Waals surface area contributed by atoms with Gasteiger partial charge in [0, 0.05) is 21.1 Å². The van der Waals surface area contributed by atoms with Crippen molar-refractivity contribution in [3.8, 4) is 0 Å². The van der Waals surface area contributed by atoms with Crippen molar-refractivity contribution in [3.63, 3.8) is 0 Å². The highest BCUT2D eigenvalue weighted by Gasteiger charge is 2.53. The molecule has 0 spiro atoms. The fraction of sp³-hybridized carbons (Fsp3) is 0.375. The zero-order valence-electron chi connectivity index (χ0n) is 13.0. The molecular formula is C16H18BBrFNO2. The van der Waals surface area contributed by atoms with E-state index in [0.29, 0.717) is 5.69 Å². The van der Waals surface area contributed by atoms with Crippen LogP contribution in [0.25, 0.3) is 17.0 Å². The summed E-state index contributed by atoms with van der Waals surface area (Å²) in [5, 5.41) is 1.02. The molecule has 0 radical (unpaired) electrons. The first-order valence-electron chi connectivity index (χ1n) is 7.19. The summed E-state index contributed by atoms with van der Waals surface area (Å²) in [4.78, 5) is 3.17. The standard InChI is InChI=1S/C16H18BBrFNO2/c1-15(2)16(3,4)22-17(21-15)14(19)9-12-8-10-7-11(18)5-6-13(10)20-12/h5-9,20H,1-4H3. The lowest BCUT2D eigenvalue weighted by Gasteiger charge is -2.32. The van der Waals surface area contributed by atoms with Gasteiger partial charge in [-0.15, -0.1) is 0 Å². The van der Waals surface area contributed by atoms with Crippen LogP contribution in [0.15, 0.2) is 34.5 Å². The van der Waals surface area contributed by atoms with Crippen LogP contribution in [-0.2, 0) is 9.31 Å². The molecular weight excluding hydrogens is 348 g/mol. The minimum Gasteiger partial charge on any atom is -0.398 e. The predicted molar refractivity (Wildman–Crippen MR) is 91.2 cm³/mol.